The number of likely N-dealkylation sites (tertiary alicyclic amines) is 1. The number of methoxy groups -OCH3 is 1. The van der Waals surface area contributed by atoms with Crippen LogP contribution < -0.4 is 4.74 Å². The Labute approximate surface area is 152 Å². The highest BCUT2D eigenvalue weighted by atomic mass is 16.5. The van der Waals surface area contributed by atoms with E-state index in [9.17, 15) is 5.11 Å². The monoisotopic (exact) mass is 350 g/mol. The van der Waals surface area contributed by atoms with Gasteiger partial charge in [-0.15, -0.1) is 0 Å². The number of aliphatic hydroxyl groups excluding tert-OH is 1. The predicted octanol–water partition coefficient (Wildman–Crippen LogP) is 2.71. The number of nitrogens with one attached hydrogen (secondary N) is 1. The number of nitrogens with zero attached hydrogens (tertiary/aromatic N) is 3. The van der Waals surface area contributed by atoms with Crippen LogP contribution in [0.3, 0.4) is 0 Å². The largest absolute Gasteiger partial charge is 0.497 e. The van der Waals surface area contributed by atoms with Crippen LogP contribution in [-0.2, 0) is 6.54 Å². The minimum Gasteiger partial charge on any atom is -0.497 e. The molecule has 0 saturated carbocycles. The molecule has 26 heavy (non-hydrogen) atoms. The van der Waals surface area contributed by atoms with Crippen LogP contribution in [0.1, 0.15) is 12.0 Å². The summed E-state index contributed by atoms with van der Waals surface area (Å²) in [5.41, 5.74) is 3.15. The lowest BCUT2D eigenvalue weighted by atomic mass is 10.1. The molecule has 1 aliphatic heterocycles. The van der Waals surface area contributed by atoms with Gasteiger partial charge in [-0.3, -0.25) is 10.00 Å². The van der Waals surface area contributed by atoms with Crippen LogP contribution in [0, 0.1) is 0 Å². The van der Waals surface area contributed by atoms with Gasteiger partial charge < -0.3 is 9.84 Å². The first-order chi connectivity index (χ1) is 12.7. The van der Waals surface area contributed by atoms with Crippen LogP contribution in [0.5, 0.6) is 5.75 Å². The van der Waals surface area contributed by atoms with Gasteiger partial charge in [0.15, 0.2) is 11.6 Å². The normalized spacial score (nSPS) is 17.5. The number of aromatic amines is 1. The van der Waals surface area contributed by atoms with Crippen molar-refractivity contribution in [1.29, 1.82) is 0 Å². The van der Waals surface area contributed by atoms with Crippen molar-refractivity contribution in [3.05, 3.63) is 54.1 Å². The number of ether oxygens (including phenoxy) is 1. The second-order valence-corrected chi connectivity index (χ2v) is 6.61. The van der Waals surface area contributed by atoms with E-state index in [-0.39, 0.29) is 6.10 Å². The van der Waals surface area contributed by atoms with Gasteiger partial charge in [0.25, 0.3) is 0 Å². The summed E-state index contributed by atoms with van der Waals surface area (Å²) in [5.74, 6) is 2.23. The van der Waals surface area contributed by atoms with E-state index < -0.39 is 0 Å². The van der Waals surface area contributed by atoms with Gasteiger partial charge in [-0.2, -0.15) is 5.10 Å². The molecule has 2 aromatic carbocycles. The molecule has 0 spiro atoms. The van der Waals surface area contributed by atoms with Crippen LogP contribution in [0.25, 0.3) is 22.8 Å². The van der Waals surface area contributed by atoms with Crippen molar-refractivity contribution in [3.8, 4) is 28.5 Å². The number of rotatable bonds is 5. The molecule has 1 fully saturated rings. The fourth-order valence-electron chi connectivity index (χ4n) is 3.29. The number of aliphatic hydroxyl groups is 1. The summed E-state index contributed by atoms with van der Waals surface area (Å²) in [7, 11) is 1.65. The fourth-order valence-corrected chi connectivity index (χ4v) is 3.29. The van der Waals surface area contributed by atoms with E-state index in [1.54, 1.807) is 7.11 Å². The zero-order chi connectivity index (χ0) is 17.9. The Kier molecular flexibility index (Phi) is 4.69. The van der Waals surface area contributed by atoms with Gasteiger partial charge in [0, 0.05) is 30.8 Å². The summed E-state index contributed by atoms with van der Waals surface area (Å²) in [6, 6.07) is 16.0. The van der Waals surface area contributed by atoms with Crippen LogP contribution in [0.15, 0.2) is 48.5 Å². The van der Waals surface area contributed by atoms with E-state index in [4.69, 9.17) is 4.74 Å². The lowest BCUT2D eigenvalue weighted by Gasteiger charge is -2.15. The summed E-state index contributed by atoms with van der Waals surface area (Å²) in [4.78, 5) is 6.90. The Morgan fingerprint density at radius 1 is 1.19 bits per heavy atom. The predicted molar refractivity (Wildman–Crippen MR) is 99.7 cm³/mol. The number of benzene rings is 2. The smallest absolute Gasteiger partial charge is 0.181 e. The Morgan fingerprint density at radius 2 is 2.04 bits per heavy atom. The van der Waals surface area contributed by atoms with Gasteiger partial charge in [0.2, 0.25) is 0 Å². The SMILES string of the molecule is COc1ccc(-c2nc(-c3cccc(CN4CC[C@H](O)C4)c3)n[nH]2)cc1. The van der Waals surface area contributed by atoms with E-state index >= 15 is 0 Å². The fraction of sp³-hybridized carbons (Fsp3) is 0.300. The molecular formula is C20H22N4O2. The number of β-amino-alcohol motifs (C(OH)–C–C–N with tert-alkyl or cyclic N) is 1. The minimum absolute atomic E-state index is 0.196. The molecule has 3 aromatic rings. The van der Waals surface area contributed by atoms with Crippen molar-refractivity contribution in [2.75, 3.05) is 20.2 Å². The van der Waals surface area contributed by atoms with E-state index in [0.717, 1.165) is 48.8 Å². The number of hydrogen-bond acceptors (Lipinski definition) is 5. The quantitative estimate of drug-likeness (QED) is 0.740. The van der Waals surface area contributed by atoms with Gasteiger partial charge in [-0.05, 0) is 42.3 Å². The lowest BCUT2D eigenvalue weighted by molar-refractivity contribution is 0.175. The zero-order valence-electron chi connectivity index (χ0n) is 14.7. The molecule has 1 aromatic heterocycles. The highest BCUT2D eigenvalue weighted by Gasteiger charge is 2.20. The Bertz CT molecular complexity index is 876. The molecule has 1 aliphatic rings. The maximum Gasteiger partial charge on any atom is 0.181 e. The molecule has 0 bridgehead atoms. The molecular weight excluding hydrogens is 328 g/mol. The Balaban J connectivity index is 1.52. The molecule has 1 saturated heterocycles. The second kappa shape index (κ2) is 7.27. The molecule has 4 rings (SSSR count). The van der Waals surface area contributed by atoms with E-state index in [0.29, 0.717) is 5.82 Å². The van der Waals surface area contributed by atoms with Gasteiger partial charge >= 0.3 is 0 Å². The highest BCUT2D eigenvalue weighted by molar-refractivity contribution is 5.62. The summed E-state index contributed by atoms with van der Waals surface area (Å²) in [5, 5.41) is 17.1. The van der Waals surface area contributed by atoms with Crippen molar-refractivity contribution >= 4 is 0 Å². The van der Waals surface area contributed by atoms with Crippen molar-refractivity contribution in [1.82, 2.24) is 20.1 Å². The third kappa shape index (κ3) is 3.61. The Morgan fingerprint density at radius 3 is 2.77 bits per heavy atom. The van der Waals surface area contributed by atoms with E-state index in [2.05, 4.69) is 32.2 Å². The molecule has 1 atom stereocenters. The minimum atomic E-state index is -0.196. The van der Waals surface area contributed by atoms with Crippen LogP contribution >= 0.6 is 0 Å². The second-order valence-electron chi connectivity index (χ2n) is 6.61. The van der Waals surface area contributed by atoms with E-state index in [1.165, 1.54) is 5.56 Å². The maximum atomic E-state index is 9.68. The topological polar surface area (TPSA) is 74.3 Å². The maximum absolute atomic E-state index is 9.68. The van der Waals surface area contributed by atoms with E-state index in [1.807, 2.05) is 36.4 Å². The molecule has 2 heterocycles. The first kappa shape index (κ1) is 16.8. The molecule has 134 valence electrons. The molecule has 6 nitrogen and oxygen atoms in total. The van der Waals surface area contributed by atoms with Crippen molar-refractivity contribution in [3.63, 3.8) is 0 Å². The zero-order valence-corrected chi connectivity index (χ0v) is 14.7. The third-order valence-electron chi connectivity index (χ3n) is 4.69. The van der Waals surface area contributed by atoms with Crippen LogP contribution in [0.2, 0.25) is 0 Å². The van der Waals surface area contributed by atoms with Crippen LogP contribution in [-0.4, -0.2) is 51.5 Å². The average Bonchev–Trinajstić information content (AvgIpc) is 3.31. The highest BCUT2D eigenvalue weighted by Crippen LogP contribution is 2.23. The first-order valence-electron chi connectivity index (χ1n) is 8.78. The molecule has 6 heteroatoms. The van der Waals surface area contributed by atoms with Gasteiger partial charge in [0.1, 0.15) is 5.75 Å². The first-order valence-corrected chi connectivity index (χ1v) is 8.78. The average molecular weight is 350 g/mol. The summed E-state index contributed by atoms with van der Waals surface area (Å²) >= 11 is 0. The van der Waals surface area contributed by atoms with Crippen LogP contribution in [0.4, 0.5) is 0 Å². The summed E-state index contributed by atoms with van der Waals surface area (Å²) in [6.07, 6.45) is 0.657. The molecule has 0 unspecified atom stereocenters. The van der Waals surface area contributed by atoms with Crippen molar-refractivity contribution in [2.45, 2.75) is 19.1 Å². The van der Waals surface area contributed by atoms with Gasteiger partial charge in [-0.25, -0.2) is 4.98 Å². The molecule has 0 amide bonds. The van der Waals surface area contributed by atoms with Gasteiger partial charge in [0.05, 0.1) is 13.2 Å². The van der Waals surface area contributed by atoms with Crippen molar-refractivity contribution in [2.24, 2.45) is 0 Å². The molecule has 0 aliphatic carbocycles. The number of H-pyrrole nitrogens is 1. The summed E-state index contributed by atoms with van der Waals surface area (Å²) in [6.45, 7) is 2.51. The molecule has 0 radical (unpaired) electrons. The van der Waals surface area contributed by atoms with Crippen molar-refractivity contribution < 1.29 is 9.84 Å². The molecule has 2 N–H and O–H groups in total. The standard InChI is InChI=1S/C20H22N4O2/c1-26-18-7-5-15(6-8-18)19-21-20(23-22-19)16-4-2-3-14(11-16)12-24-10-9-17(25)13-24/h2-8,11,17,25H,9-10,12-13H2,1H3,(H,21,22,23)/t17-/m0/s1. The summed E-state index contributed by atoms with van der Waals surface area (Å²) < 4.78 is 5.19. The third-order valence-corrected chi connectivity index (χ3v) is 4.69. The Hall–Kier alpha value is -2.70. The van der Waals surface area contributed by atoms with Gasteiger partial charge in [-0.1, -0.05) is 18.2 Å². The number of hydrogen-bond donors (Lipinski definition) is 2. The lowest BCUT2D eigenvalue weighted by Crippen LogP contribution is -2.21. The number of aromatic nitrogens is 3.